The van der Waals surface area contributed by atoms with Crippen LogP contribution in [-0.4, -0.2) is 23.8 Å². The molecule has 0 amide bonds. The summed E-state index contributed by atoms with van der Waals surface area (Å²) in [5.41, 5.74) is 2.84. The van der Waals surface area contributed by atoms with E-state index in [1.54, 1.807) is 20.8 Å². The van der Waals surface area contributed by atoms with Crippen LogP contribution in [0.5, 0.6) is 0 Å². The minimum Gasteiger partial charge on any atom is -0.459 e. The maximum atomic E-state index is 12.7. The molecule has 2 bridgehead atoms. The Hall–Kier alpha value is -0.780. The summed E-state index contributed by atoms with van der Waals surface area (Å²) >= 11 is 0. The van der Waals surface area contributed by atoms with Gasteiger partial charge in [0.15, 0.2) is 0 Å². The summed E-state index contributed by atoms with van der Waals surface area (Å²) in [6.45, 7) is 5.12. The molecular weight excluding hydrogens is 247 g/mol. The lowest BCUT2D eigenvalue weighted by molar-refractivity contribution is -0.366. The number of ether oxygens (including phenoxy) is 1. The number of hydrogen-bond donors (Lipinski definition) is 1. The van der Waals surface area contributed by atoms with Crippen LogP contribution in [-0.2, 0) is 9.53 Å². The number of esters is 1. The van der Waals surface area contributed by atoms with Crippen LogP contribution in [0.4, 0.5) is 13.2 Å². The van der Waals surface area contributed by atoms with Crippen LogP contribution in [0.25, 0.3) is 0 Å². The molecule has 2 N–H and O–H groups in total. The van der Waals surface area contributed by atoms with Crippen molar-refractivity contribution in [1.29, 1.82) is 0 Å². The minimum absolute atomic E-state index is 0.0378. The van der Waals surface area contributed by atoms with Gasteiger partial charge < -0.3 is 10.5 Å². The van der Waals surface area contributed by atoms with Crippen LogP contribution >= 0.6 is 0 Å². The Morgan fingerprint density at radius 1 is 1.22 bits per heavy atom. The van der Waals surface area contributed by atoms with Gasteiger partial charge in [0.25, 0.3) is 0 Å². The summed E-state index contributed by atoms with van der Waals surface area (Å²) in [6, 6.07) is -0.944. The van der Waals surface area contributed by atoms with E-state index < -0.39 is 34.6 Å². The molecule has 0 aliphatic heterocycles. The largest absolute Gasteiger partial charge is 0.459 e. The van der Waals surface area contributed by atoms with Gasteiger partial charge in [-0.1, -0.05) is 0 Å². The van der Waals surface area contributed by atoms with E-state index in [2.05, 4.69) is 0 Å². The molecule has 0 heterocycles. The first-order valence-corrected chi connectivity index (χ1v) is 5.96. The molecule has 0 radical (unpaired) electrons. The van der Waals surface area contributed by atoms with Gasteiger partial charge in [-0.2, -0.15) is 13.2 Å². The molecule has 0 aromatic rings. The predicted octanol–water partition coefficient (Wildman–Crippen LogP) is 2.39. The van der Waals surface area contributed by atoms with Gasteiger partial charge in [0, 0.05) is 0 Å². The highest BCUT2D eigenvalue weighted by molar-refractivity contribution is 5.78. The molecule has 104 valence electrons. The van der Waals surface area contributed by atoms with Crippen molar-refractivity contribution < 1.29 is 22.7 Å². The molecule has 3 nitrogen and oxygen atoms in total. The number of alkyl halides is 3. The molecule has 3 fully saturated rings. The highest BCUT2D eigenvalue weighted by Crippen LogP contribution is 2.79. The topological polar surface area (TPSA) is 52.3 Å². The van der Waals surface area contributed by atoms with Crippen molar-refractivity contribution in [3.05, 3.63) is 0 Å². The molecular formula is C12H18F3NO2. The average molecular weight is 265 g/mol. The van der Waals surface area contributed by atoms with E-state index in [1.165, 1.54) is 0 Å². The van der Waals surface area contributed by atoms with Crippen molar-refractivity contribution in [2.45, 2.75) is 57.9 Å². The number of rotatable bonds is 2. The van der Waals surface area contributed by atoms with Crippen molar-refractivity contribution in [2.75, 3.05) is 0 Å². The second-order valence-corrected chi connectivity index (χ2v) is 6.68. The molecule has 3 saturated carbocycles. The third-order valence-corrected chi connectivity index (χ3v) is 3.99. The molecule has 18 heavy (non-hydrogen) atoms. The Kier molecular flexibility index (Phi) is 2.58. The van der Waals surface area contributed by atoms with Crippen molar-refractivity contribution in [3.63, 3.8) is 0 Å². The Morgan fingerprint density at radius 3 is 2.00 bits per heavy atom. The molecule has 0 spiro atoms. The van der Waals surface area contributed by atoms with E-state index in [4.69, 9.17) is 10.5 Å². The van der Waals surface area contributed by atoms with E-state index in [-0.39, 0.29) is 19.3 Å². The summed E-state index contributed by atoms with van der Waals surface area (Å²) in [5, 5.41) is 0. The Bertz CT molecular complexity index is 364. The summed E-state index contributed by atoms with van der Waals surface area (Å²) in [7, 11) is 0. The summed E-state index contributed by atoms with van der Waals surface area (Å²) in [6.07, 6.45) is -4.29. The average Bonchev–Trinajstić information content (AvgIpc) is 1.91. The van der Waals surface area contributed by atoms with Crippen molar-refractivity contribution in [1.82, 2.24) is 0 Å². The molecule has 3 rings (SSSR count). The lowest BCUT2D eigenvalue weighted by atomic mass is 9.33. The third-order valence-electron chi connectivity index (χ3n) is 3.99. The van der Waals surface area contributed by atoms with Crippen molar-refractivity contribution in [2.24, 2.45) is 16.6 Å². The molecule has 6 heteroatoms. The fourth-order valence-corrected chi connectivity index (χ4v) is 3.11. The summed E-state index contributed by atoms with van der Waals surface area (Å²) in [5.74, 6) is -0.599. The fraction of sp³-hybridized carbons (Fsp3) is 0.917. The zero-order valence-electron chi connectivity index (χ0n) is 10.7. The molecule has 0 aromatic carbocycles. The highest BCUT2D eigenvalue weighted by Gasteiger charge is 2.80. The molecule has 0 aromatic heterocycles. The third kappa shape index (κ3) is 1.81. The monoisotopic (exact) mass is 265 g/mol. The SMILES string of the molecule is CC(C)(C)OC(=O)[C@H](N)C12CC(C(F)(F)F)(C1)C2. The molecule has 0 saturated heterocycles. The highest BCUT2D eigenvalue weighted by atomic mass is 19.4. The molecule has 0 unspecified atom stereocenters. The second-order valence-electron chi connectivity index (χ2n) is 6.68. The second kappa shape index (κ2) is 3.40. The van der Waals surface area contributed by atoms with Crippen LogP contribution in [0.2, 0.25) is 0 Å². The standard InChI is InChI=1S/C12H18F3NO2/c1-9(2,3)18-8(17)7(16)10-4-11(5-10,6-10)12(13,14)15/h7H,4-6,16H2,1-3H3/t7-,10?,11?/m0/s1. The van der Waals surface area contributed by atoms with E-state index in [0.717, 1.165) is 0 Å². The van der Waals surface area contributed by atoms with Crippen LogP contribution in [0, 0.1) is 10.8 Å². The van der Waals surface area contributed by atoms with E-state index in [9.17, 15) is 18.0 Å². The quantitative estimate of drug-likeness (QED) is 0.780. The first-order chi connectivity index (χ1) is 7.91. The first-order valence-electron chi connectivity index (χ1n) is 5.96. The van der Waals surface area contributed by atoms with Gasteiger partial charge in [0.05, 0.1) is 5.41 Å². The van der Waals surface area contributed by atoms with E-state index in [1.807, 2.05) is 0 Å². The number of hydrogen-bond acceptors (Lipinski definition) is 3. The number of carbonyl (C=O) groups excluding carboxylic acids is 1. The van der Waals surface area contributed by atoms with Crippen LogP contribution < -0.4 is 5.73 Å². The molecule has 1 atom stereocenters. The van der Waals surface area contributed by atoms with Gasteiger partial charge in [-0.15, -0.1) is 0 Å². The predicted molar refractivity (Wildman–Crippen MR) is 58.6 cm³/mol. The van der Waals surface area contributed by atoms with E-state index >= 15 is 0 Å². The number of carbonyl (C=O) groups is 1. The summed E-state index contributed by atoms with van der Waals surface area (Å²) < 4.78 is 43.1. The number of halogens is 3. The van der Waals surface area contributed by atoms with Crippen LogP contribution in [0.15, 0.2) is 0 Å². The van der Waals surface area contributed by atoms with E-state index in [0.29, 0.717) is 0 Å². The Morgan fingerprint density at radius 2 is 1.67 bits per heavy atom. The van der Waals surface area contributed by atoms with Gasteiger partial charge in [-0.3, -0.25) is 4.79 Å². The lowest BCUT2D eigenvalue weighted by Gasteiger charge is -2.71. The van der Waals surface area contributed by atoms with Gasteiger partial charge in [-0.25, -0.2) is 0 Å². The zero-order chi connectivity index (χ0) is 14.0. The lowest BCUT2D eigenvalue weighted by Crippen LogP contribution is -2.75. The smallest absolute Gasteiger partial charge is 0.394 e. The first kappa shape index (κ1) is 13.6. The normalized spacial score (nSPS) is 36.4. The Labute approximate surface area is 104 Å². The molecule has 3 aliphatic rings. The summed E-state index contributed by atoms with van der Waals surface area (Å²) in [4.78, 5) is 11.7. The maximum Gasteiger partial charge on any atom is 0.394 e. The van der Waals surface area contributed by atoms with Gasteiger partial charge in [-0.05, 0) is 45.4 Å². The maximum absolute atomic E-state index is 12.7. The zero-order valence-corrected chi connectivity index (χ0v) is 10.7. The van der Waals surface area contributed by atoms with Gasteiger partial charge >= 0.3 is 12.1 Å². The fourth-order valence-electron chi connectivity index (χ4n) is 3.11. The van der Waals surface area contributed by atoms with Crippen molar-refractivity contribution >= 4 is 5.97 Å². The van der Waals surface area contributed by atoms with Crippen LogP contribution in [0.1, 0.15) is 40.0 Å². The van der Waals surface area contributed by atoms with Crippen molar-refractivity contribution in [3.8, 4) is 0 Å². The Balaban J connectivity index is 1.96. The minimum atomic E-state index is -4.18. The number of nitrogens with two attached hydrogens (primary N) is 1. The molecule has 3 aliphatic carbocycles. The van der Waals surface area contributed by atoms with Crippen LogP contribution in [0.3, 0.4) is 0 Å². The van der Waals surface area contributed by atoms with Gasteiger partial charge in [0.2, 0.25) is 0 Å². The van der Waals surface area contributed by atoms with Gasteiger partial charge in [0.1, 0.15) is 11.6 Å².